The van der Waals surface area contributed by atoms with Crippen molar-refractivity contribution in [3.8, 4) is 6.07 Å². The molecule has 0 radical (unpaired) electrons. The number of carbonyl (C=O) groups excluding carboxylic acids is 1. The van der Waals surface area contributed by atoms with Gasteiger partial charge in [-0.1, -0.05) is 0 Å². The SMILES string of the molecule is N#CCC(=O)Nc1cc(F)c(C(F)(F)F)c(F)c1. The molecule has 1 aromatic carbocycles. The van der Waals surface area contributed by atoms with Crippen molar-refractivity contribution in [3.05, 3.63) is 29.3 Å². The Morgan fingerprint density at radius 2 is 1.78 bits per heavy atom. The summed E-state index contributed by atoms with van der Waals surface area (Å²) in [5.41, 5.74) is -2.51. The fraction of sp³-hybridized carbons (Fsp3) is 0.200. The van der Waals surface area contributed by atoms with Crippen molar-refractivity contribution in [2.45, 2.75) is 12.6 Å². The molecule has 1 N–H and O–H groups in total. The second-order valence-electron chi connectivity index (χ2n) is 3.20. The van der Waals surface area contributed by atoms with Crippen molar-refractivity contribution < 1.29 is 26.7 Å². The maximum atomic E-state index is 13.1. The number of hydrogen-bond acceptors (Lipinski definition) is 2. The number of amides is 1. The Bertz CT molecular complexity index is 495. The number of rotatable bonds is 2. The lowest BCUT2D eigenvalue weighted by Crippen LogP contribution is -2.14. The van der Waals surface area contributed by atoms with Gasteiger partial charge in [-0.15, -0.1) is 0 Å². The molecule has 1 amide bonds. The van der Waals surface area contributed by atoms with Crippen LogP contribution in [-0.4, -0.2) is 5.91 Å². The fourth-order valence-electron chi connectivity index (χ4n) is 1.19. The van der Waals surface area contributed by atoms with Crippen LogP contribution in [0, 0.1) is 23.0 Å². The van der Waals surface area contributed by atoms with Gasteiger partial charge in [0, 0.05) is 5.69 Å². The molecule has 3 nitrogen and oxygen atoms in total. The average Bonchev–Trinajstić information content (AvgIpc) is 2.13. The summed E-state index contributed by atoms with van der Waals surface area (Å²) in [4.78, 5) is 10.9. The number of carbonyl (C=O) groups is 1. The summed E-state index contributed by atoms with van der Waals surface area (Å²) in [6.07, 6.45) is -5.74. The van der Waals surface area contributed by atoms with Crippen LogP contribution in [0.15, 0.2) is 12.1 Å². The minimum Gasteiger partial charge on any atom is -0.325 e. The quantitative estimate of drug-likeness (QED) is 0.835. The highest BCUT2D eigenvalue weighted by molar-refractivity contribution is 5.92. The van der Waals surface area contributed by atoms with Crippen LogP contribution in [0.4, 0.5) is 27.6 Å². The van der Waals surface area contributed by atoms with Crippen LogP contribution >= 0.6 is 0 Å². The lowest BCUT2D eigenvalue weighted by Gasteiger charge is -2.11. The van der Waals surface area contributed by atoms with E-state index in [4.69, 9.17) is 5.26 Å². The summed E-state index contributed by atoms with van der Waals surface area (Å²) >= 11 is 0. The molecule has 0 bridgehead atoms. The highest BCUT2D eigenvalue weighted by Gasteiger charge is 2.37. The van der Waals surface area contributed by atoms with Crippen molar-refractivity contribution >= 4 is 11.6 Å². The monoisotopic (exact) mass is 264 g/mol. The van der Waals surface area contributed by atoms with Gasteiger partial charge in [0.25, 0.3) is 0 Å². The van der Waals surface area contributed by atoms with Gasteiger partial charge in [0.05, 0.1) is 6.07 Å². The molecule has 1 rings (SSSR count). The van der Waals surface area contributed by atoms with E-state index < -0.39 is 41.4 Å². The van der Waals surface area contributed by atoms with E-state index in [2.05, 4.69) is 0 Å². The molecular weight excluding hydrogens is 259 g/mol. The zero-order valence-electron chi connectivity index (χ0n) is 8.61. The van der Waals surface area contributed by atoms with Crippen molar-refractivity contribution in [3.63, 3.8) is 0 Å². The fourth-order valence-corrected chi connectivity index (χ4v) is 1.19. The van der Waals surface area contributed by atoms with E-state index in [9.17, 15) is 26.7 Å². The van der Waals surface area contributed by atoms with Gasteiger partial charge in [-0.3, -0.25) is 4.79 Å². The van der Waals surface area contributed by atoms with E-state index in [0.717, 1.165) is 0 Å². The summed E-state index contributed by atoms with van der Waals surface area (Å²) in [6.45, 7) is 0. The molecule has 0 atom stereocenters. The summed E-state index contributed by atoms with van der Waals surface area (Å²) < 4.78 is 62.8. The maximum absolute atomic E-state index is 13.1. The Balaban J connectivity index is 3.08. The molecular formula is C10H5F5N2O. The molecule has 0 heterocycles. The van der Waals surface area contributed by atoms with Gasteiger partial charge in [-0.2, -0.15) is 18.4 Å². The Kier molecular flexibility index (Phi) is 3.86. The molecule has 0 aromatic heterocycles. The number of halogens is 5. The number of hydrogen-bond donors (Lipinski definition) is 1. The van der Waals surface area contributed by atoms with E-state index in [-0.39, 0.29) is 0 Å². The smallest absolute Gasteiger partial charge is 0.325 e. The van der Waals surface area contributed by atoms with E-state index >= 15 is 0 Å². The summed E-state index contributed by atoms with van der Waals surface area (Å²) in [5, 5.41) is 10.1. The second kappa shape index (κ2) is 5.00. The number of anilines is 1. The molecule has 0 unspecified atom stereocenters. The molecule has 96 valence electrons. The summed E-state index contributed by atoms with van der Waals surface area (Å²) in [5.74, 6) is -4.56. The molecule has 0 saturated heterocycles. The van der Waals surface area contributed by atoms with Crippen LogP contribution in [-0.2, 0) is 11.0 Å². The van der Waals surface area contributed by atoms with Crippen molar-refractivity contribution in [1.29, 1.82) is 5.26 Å². The van der Waals surface area contributed by atoms with Crippen LogP contribution in [0.3, 0.4) is 0 Å². The van der Waals surface area contributed by atoms with Gasteiger partial charge in [0.1, 0.15) is 23.6 Å². The predicted octanol–water partition coefficient (Wildman–Crippen LogP) is 2.84. The average molecular weight is 264 g/mol. The molecule has 0 fully saturated rings. The maximum Gasteiger partial charge on any atom is 0.422 e. The number of nitrogens with one attached hydrogen (secondary N) is 1. The van der Waals surface area contributed by atoms with Crippen molar-refractivity contribution in [2.24, 2.45) is 0 Å². The Morgan fingerprint density at radius 1 is 1.28 bits per heavy atom. The normalized spacial score (nSPS) is 10.9. The van der Waals surface area contributed by atoms with Gasteiger partial charge >= 0.3 is 6.18 Å². The van der Waals surface area contributed by atoms with Gasteiger partial charge < -0.3 is 5.32 Å². The molecule has 18 heavy (non-hydrogen) atoms. The lowest BCUT2D eigenvalue weighted by molar-refractivity contribution is -0.142. The van der Waals surface area contributed by atoms with E-state index in [1.807, 2.05) is 5.32 Å². The largest absolute Gasteiger partial charge is 0.422 e. The number of alkyl halides is 3. The molecule has 0 aliphatic rings. The second-order valence-corrected chi connectivity index (χ2v) is 3.20. The number of benzene rings is 1. The molecule has 0 saturated carbocycles. The zero-order valence-corrected chi connectivity index (χ0v) is 8.61. The van der Waals surface area contributed by atoms with Gasteiger partial charge in [-0.25, -0.2) is 8.78 Å². The van der Waals surface area contributed by atoms with Crippen LogP contribution < -0.4 is 5.32 Å². The molecule has 8 heteroatoms. The van der Waals surface area contributed by atoms with E-state index in [0.29, 0.717) is 12.1 Å². The van der Waals surface area contributed by atoms with Gasteiger partial charge in [0.2, 0.25) is 5.91 Å². The first-order valence-corrected chi connectivity index (χ1v) is 4.48. The molecule has 1 aromatic rings. The third-order valence-corrected chi connectivity index (χ3v) is 1.85. The minimum atomic E-state index is -5.16. The molecule has 0 aliphatic heterocycles. The molecule has 0 spiro atoms. The third-order valence-electron chi connectivity index (χ3n) is 1.85. The zero-order chi connectivity index (χ0) is 13.9. The predicted molar refractivity (Wildman–Crippen MR) is 50.2 cm³/mol. The summed E-state index contributed by atoms with van der Waals surface area (Å²) in [7, 11) is 0. The van der Waals surface area contributed by atoms with E-state index in [1.54, 1.807) is 0 Å². The van der Waals surface area contributed by atoms with Crippen LogP contribution in [0.2, 0.25) is 0 Å². The van der Waals surface area contributed by atoms with Crippen molar-refractivity contribution in [2.75, 3.05) is 5.32 Å². The minimum absolute atomic E-state index is 0.335. The Morgan fingerprint density at radius 3 is 2.17 bits per heavy atom. The van der Waals surface area contributed by atoms with Crippen molar-refractivity contribution in [1.82, 2.24) is 0 Å². The first-order chi connectivity index (χ1) is 8.25. The van der Waals surface area contributed by atoms with Crippen LogP contribution in [0.25, 0.3) is 0 Å². The Hall–Kier alpha value is -2.17. The van der Waals surface area contributed by atoms with Crippen LogP contribution in [0.1, 0.15) is 12.0 Å². The standard InChI is InChI=1S/C10H5F5N2O/c11-6-3-5(17-8(18)1-2-16)4-7(12)9(6)10(13,14)15/h3-4H,1H2,(H,17,18). The highest BCUT2D eigenvalue weighted by atomic mass is 19.4. The van der Waals surface area contributed by atoms with E-state index in [1.165, 1.54) is 6.07 Å². The van der Waals surface area contributed by atoms with Gasteiger partial charge in [0.15, 0.2) is 0 Å². The van der Waals surface area contributed by atoms with Gasteiger partial charge in [-0.05, 0) is 12.1 Å². The summed E-state index contributed by atoms with van der Waals surface area (Å²) in [6, 6.07) is 2.14. The lowest BCUT2D eigenvalue weighted by atomic mass is 10.1. The third kappa shape index (κ3) is 3.16. The molecule has 0 aliphatic carbocycles. The van der Waals surface area contributed by atoms with Crippen LogP contribution in [0.5, 0.6) is 0 Å². The first kappa shape index (κ1) is 13.9. The topological polar surface area (TPSA) is 52.9 Å². The highest BCUT2D eigenvalue weighted by Crippen LogP contribution is 2.34. The first-order valence-electron chi connectivity index (χ1n) is 4.48. The number of nitriles is 1. The number of nitrogens with zero attached hydrogens (tertiary/aromatic N) is 1. The Labute approximate surface area is 97.8 Å².